The van der Waals surface area contributed by atoms with Crippen molar-refractivity contribution in [2.45, 2.75) is 52.0 Å². The Bertz CT molecular complexity index is 1650. The Balaban J connectivity index is 0.000000254. The number of nitrogens with two attached hydrogens (primary N) is 1. The summed E-state index contributed by atoms with van der Waals surface area (Å²) < 4.78 is 47.4. The van der Waals surface area contributed by atoms with E-state index in [4.69, 9.17) is 15.6 Å². The molecule has 0 saturated carbocycles. The topological polar surface area (TPSA) is 102 Å². The van der Waals surface area contributed by atoms with Gasteiger partial charge in [-0.3, -0.25) is 14.5 Å². The molecule has 4 aromatic rings. The van der Waals surface area contributed by atoms with Crippen molar-refractivity contribution >= 4 is 22.6 Å². The van der Waals surface area contributed by atoms with Gasteiger partial charge in [0.25, 0.3) is 12.3 Å². The largest absolute Gasteiger partial charge is 0.496 e. The molecule has 3 N–H and O–H groups in total. The molecule has 1 fully saturated rings. The molecule has 5 rings (SSSR count). The number of aryl methyl sites for hydroxylation is 2. The zero-order valence-electron chi connectivity index (χ0n) is 26.0. The van der Waals surface area contributed by atoms with Crippen molar-refractivity contribution in [3.63, 3.8) is 0 Å². The van der Waals surface area contributed by atoms with Gasteiger partial charge in [0.2, 0.25) is 0 Å². The Kier molecular flexibility index (Phi) is 12.0. The van der Waals surface area contributed by atoms with Gasteiger partial charge in [0.05, 0.1) is 12.7 Å². The van der Waals surface area contributed by atoms with E-state index in [1.807, 2.05) is 18.2 Å². The van der Waals surface area contributed by atoms with Crippen LogP contribution in [0.4, 0.5) is 13.2 Å². The summed E-state index contributed by atoms with van der Waals surface area (Å²) in [6, 6.07) is 21.0. The number of aliphatic carboxylic acids is 1. The predicted molar refractivity (Wildman–Crippen MR) is 172 cm³/mol. The first kappa shape index (κ1) is 34.3. The standard InChI is InChI=1S/C26H29NO3.C10H10F3NO2/c1-30-24-13-6-9-20(18-27-16-3-2-4-17-27)26(24)23-12-7-10-21-19(14-15-25(28)29)8-5-11-22(21)23;1-5-2-6(16-4-8(12)13)3-7(11)9(5)10(14)15/h5-13H,2-4,14-18H2,1H3,(H,28,29);2-3,8H,4H2,1H3,(H2,14,15). The number of fused-ring (bicyclic) bond motifs is 1. The van der Waals surface area contributed by atoms with Gasteiger partial charge in [-0.1, -0.05) is 55.0 Å². The van der Waals surface area contributed by atoms with Crippen molar-refractivity contribution in [3.8, 4) is 22.6 Å². The lowest BCUT2D eigenvalue weighted by molar-refractivity contribution is -0.136. The Labute approximate surface area is 266 Å². The highest BCUT2D eigenvalue weighted by Crippen LogP contribution is 2.39. The molecule has 4 aromatic carbocycles. The summed E-state index contributed by atoms with van der Waals surface area (Å²) in [5.74, 6) is -1.72. The summed E-state index contributed by atoms with van der Waals surface area (Å²) in [5.41, 5.74) is 9.58. The molecule has 1 aliphatic heterocycles. The minimum atomic E-state index is -2.64. The number of likely N-dealkylation sites (tertiary alicyclic amines) is 1. The van der Waals surface area contributed by atoms with Crippen molar-refractivity contribution in [2.24, 2.45) is 5.73 Å². The number of carbonyl (C=O) groups excluding carboxylic acids is 1. The zero-order valence-corrected chi connectivity index (χ0v) is 26.0. The summed E-state index contributed by atoms with van der Waals surface area (Å²) in [7, 11) is 1.73. The second-order valence-corrected chi connectivity index (χ2v) is 11.2. The number of amides is 1. The van der Waals surface area contributed by atoms with Gasteiger partial charge in [-0.2, -0.15) is 0 Å². The molecule has 0 unspecified atom stereocenters. The number of halogens is 3. The van der Waals surface area contributed by atoms with Crippen LogP contribution in [0.2, 0.25) is 0 Å². The molecule has 1 aliphatic rings. The number of alkyl halides is 2. The van der Waals surface area contributed by atoms with Gasteiger partial charge in [-0.05, 0) is 84.4 Å². The maximum absolute atomic E-state index is 13.3. The predicted octanol–water partition coefficient (Wildman–Crippen LogP) is 7.40. The van der Waals surface area contributed by atoms with Crippen molar-refractivity contribution < 1.29 is 37.3 Å². The molecular weight excluding hydrogens is 597 g/mol. The van der Waals surface area contributed by atoms with Crippen molar-refractivity contribution in [1.29, 1.82) is 0 Å². The SMILES string of the molecule is COc1cccc(CN2CCCCC2)c1-c1cccc2c(CCC(=O)O)cccc12.Cc1cc(OCC(F)F)cc(F)c1C(N)=O. The number of hydrogen-bond donors (Lipinski definition) is 2. The molecule has 10 heteroatoms. The molecule has 1 heterocycles. The highest BCUT2D eigenvalue weighted by molar-refractivity contribution is 6.00. The first-order valence-corrected chi connectivity index (χ1v) is 15.2. The minimum absolute atomic E-state index is 0.0553. The van der Waals surface area contributed by atoms with Crippen LogP contribution in [0.1, 0.15) is 52.7 Å². The molecular formula is C36H39F3N2O5. The van der Waals surface area contributed by atoms with Crippen molar-refractivity contribution in [2.75, 3.05) is 26.8 Å². The first-order valence-electron chi connectivity index (χ1n) is 15.2. The number of carboxylic acid groups (broad SMARTS) is 1. The van der Waals surface area contributed by atoms with E-state index < -0.39 is 30.7 Å². The van der Waals surface area contributed by atoms with Crippen LogP contribution < -0.4 is 15.2 Å². The number of methoxy groups -OCH3 is 1. The van der Waals surface area contributed by atoms with Crippen LogP contribution in [0.25, 0.3) is 21.9 Å². The number of nitrogens with zero attached hydrogens (tertiary/aromatic N) is 1. The monoisotopic (exact) mass is 636 g/mol. The average Bonchev–Trinajstić information content (AvgIpc) is 3.02. The molecule has 244 valence electrons. The Hall–Kier alpha value is -4.57. The summed E-state index contributed by atoms with van der Waals surface area (Å²) in [6.07, 6.45) is 1.88. The van der Waals surface area contributed by atoms with E-state index in [9.17, 15) is 22.8 Å². The molecule has 7 nitrogen and oxygen atoms in total. The van der Waals surface area contributed by atoms with Crippen molar-refractivity contribution in [1.82, 2.24) is 4.90 Å². The Morgan fingerprint density at radius 3 is 2.28 bits per heavy atom. The third kappa shape index (κ3) is 8.78. The minimum Gasteiger partial charge on any atom is -0.496 e. The second-order valence-electron chi connectivity index (χ2n) is 11.2. The molecule has 0 atom stereocenters. The quantitative estimate of drug-likeness (QED) is 0.178. The highest BCUT2D eigenvalue weighted by atomic mass is 19.3. The lowest BCUT2D eigenvalue weighted by Gasteiger charge is -2.28. The van der Waals surface area contributed by atoms with Gasteiger partial charge >= 0.3 is 5.97 Å². The summed E-state index contributed by atoms with van der Waals surface area (Å²) in [6.45, 7) is 3.83. The van der Waals surface area contributed by atoms with E-state index in [2.05, 4.69) is 46.0 Å². The van der Waals surface area contributed by atoms with Gasteiger partial charge in [-0.15, -0.1) is 0 Å². The van der Waals surface area contributed by atoms with Crippen LogP contribution in [-0.2, 0) is 17.8 Å². The molecule has 0 aliphatic carbocycles. The summed E-state index contributed by atoms with van der Waals surface area (Å²) >= 11 is 0. The van der Waals surface area contributed by atoms with Crippen LogP contribution in [-0.4, -0.2) is 55.1 Å². The Morgan fingerprint density at radius 1 is 0.957 bits per heavy atom. The number of rotatable bonds is 11. The van der Waals surface area contributed by atoms with Crippen molar-refractivity contribution in [3.05, 3.63) is 94.8 Å². The average molecular weight is 637 g/mol. The van der Waals surface area contributed by atoms with Gasteiger partial charge in [-0.25, -0.2) is 13.2 Å². The fourth-order valence-corrected chi connectivity index (χ4v) is 5.86. The smallest absolute Gasteiger partial charge is 0.303 e. The lowest BCUT2D eigenvalue weighted by Crippen LogP contribution is -2.29. The lowest BCUT2D eigenvalue weighted by atomic mass is 9.91. The number of primary amides is 1. The van der Waals surface area contributed by atoms with Crippen LogP contribution in [0.15, 0.2) is 66.7 Å². The van der Waals surface area contributed by atoms with Gasteiger partial charge in [0.15, 0.2) is 0 Å². The molecule has 0 aromatic heterocycles. The van der Waals surface area contributed by atoms with Gasteiger partial charge < -0.3 is 20.3 Å². The number of piperidine rings is 1. The molecule has 1 saturated heterocycles. The molecule has 1 amide bonds. The maximum Gasteiger partial charge on any atom is 0.303 e. The van der Waals surface area contributed by atoms with Crippen LogP contribution in [0, 0.1) is 12.7 Å². The normalized spacial score (nSPS) is 13.3. The number of benzene rings is 4. The molecule has 46 heavy (non-hydrogen) atoms. The number of ether oxygens (including phenoxy) is 2. The van der Waals surface area contributed by atoms with E-state index in [1.54, 1.807) is 7.11 Å². The zero-order chi connectivity index (χ0) is 33.2. The fourth-order valence-electron chi connectivity index (χ4n) is 5.86. The highest BCUT2D eigenvalue weighted by Gasteiger charge is 2.19. The van der Waals surface area contributed by atoms with Crippen LogP contribution in [0.3, 0.4) is 0 Å². The van der Waals surface area contributed by atoms with Gasteiger partial charge in [0.1, 0.15) is 23.9 Å². The second kappa shape index (κ2) is 16.1. The maximum atomic E-state index is 13.3. The molecule has 0 radical (unpaired) electrons. The van der Waals surface area contributed by atoms with Crippen LogP contribution >= 0.6 is 0 Å². The Morgan fingerprint density at radius 2 is 1.63 bits per heavy atom. The number of carbonyl (C=O) groups is 2. The third-order valence-electron chi connectivity index (χ3n) is 7.95. The third-order valence-corrected chi connectivity index (χ3v) is 7.95. The molecule has 0 spiro atoms. The van der Waals surface area contributed by atoms with Gasteiger partial charge in [0, 0.05) is 24.6 Å². The van der Waals surface area contributed by atoms with E-state index >= 15 is 0 Å². The number of hydrogen-bond acceptors (Lipinski definition) is 5. The van der Waals surface area contributed by atoms with Crippen LogP contribution in [0.5, 0.6) is 11.5 Å². The fraction of sp³-hybridized carbons (Fsp3) is 0.333. The summed E-state index contributed by atoms with van der Waals surface area (Å²) in [5, 5.41) is 11.4. The summed E-state index contributed by atoms with van der Waals surface area (Å²) in [4.78, 5) is 24.5. The molecule has 0 bridgehead atoms. The van der Waals surface area contributed by atoms with E-state index in [-0.39, 0.29) is 23.3 Å². The van der Waals surface area contributed by atoms with E-state index in [0.717, 1.165) is 58.9 Å². The van der Waals surface area contributed by atoms with E-state index in [1.165, 1.54) is 37.8 Å². The first-order chi connectivity index (χ1) is 22.1. The number of carboxylic acids is 1. The van der Waals surface area contributed by atoms with E-state index in [0.29, 0.717) is 6.42 Å².